The minimum atomic E-state index is -1.04. The first kappa shape index (κ1) is 15.0. The highest BCUT2D eigenvalue weighted by Crippen LogP contribution is 2.10. The number of hydrogen-bond donors (Lipinski definition) is 2. The van der Waals surface area contributed by atoms with E-state index < -0.39 is 12.0 Å². The Hall–Kier alpha value is -1.05. The van der Waals surface area contributed by atoms with Crippen LogP contribution in [0.15, 0.2) is 16.8 Å². The number of carboxylic acids is 1. The van der Waals surface area contributed by atoms with Gasteiger partial charge in [-0.05, 0) is 22.4 Å². The van der Waals surface area contributed by atoms with Gasteiger partial charge in [-0.1, -0.05) is 0 Å². The molecule has 3 N–H and O–H groups in total. The minimum Gasteiger partial charge on any atom is -0.480 e. The Balaban J connectivity index is 2.26. The van der Waals surface area contributed by atoms with Gasteiger partial charge < -0.3 is 15.7 Å². The van der Waals surface area contributed by atoms with Crippen molar-refractivity contribution < 1.29 is 14.7 Å². The molecule has 5 nitrogen and oxygen atoms in total. The lowest BCUT2D eigenvalue weighted by Gasteiger charge is -2.16. The summed E-state index contributed by atoms with van der Waals surface area (Å²) in [6.45, 7) is 0.577. The SMILES string of the molecule is CN(Cc1ccsc1)C(=O)CSC[C@H](N)C(=O)O. The van der Waals surface area contributed by atoms with E-state index in [2.05, 4.69) is 0 Å². The molecule has 1 aromatic heterocycles. The topological polar surface area (TPSA) is 83.6 Å². The van der Waals surface area contributed by atoms with Crippen LogP contribution in [0.2, 0.25) is 0 Å². The lowest BCUT2D eigenvalue weighted by Crippen LogP contribution is -2.34. The van der Waals surface area contributed by atoms with Crippen LogP contribution in [0.4, 0.5) is 0 Å². The van der Waals surface area contributed by atoms with E-state index in [0.29, 0.717) is 6.54 Å². The van der Waals surface area contributed by atoms with E-state index in [9.17, 15) is 9.59 Å². The number of thioether (sulfide) groups is 1. The van der Waals surface area contributed by atoms with Crippen molar-refractivity contribution in [1.82, 2.24) is 4.90 Å². The Labute approximate surface area is 114 Å². The molecule has 0 spiro atoms. The van der Waals surface area contributed by atoms with E-state index in [1.165, 1.54) is 11.8 Å². The van der Waals surface area contributed by atoms with Crippen molar-refractivity contribution in [2.45, 2.75) is 12.6 Å². The lowest BCUT2D eigenvalue weighted by atomic mass is 10.3. The van der Waals surface area contributed by atoms with Crippen LogP contribution in [0.1, 0.15) is 5.56 Å². The number of carbonyl (C=O) groups is 2. The Morgan fingerprint density at radius 3 is 2.89 bits per heavy atom. The zero-order valence-electron chi connectivity index (χ0n) is 10.0. The van der Waals surface area contributed by atoms with Gasteiger partial charge in [0.05, 0.1) is 5.75 Å². The molecule has 0 fully saturated rings. The maximum atomic E-state index is 11.7. The molecule has 0 unspecified atom stereocenters. The van der Waals surface area contributed by atoms with Crippen LogP contribution in [0.25, 0.3) is 0 Å². The zero-order chi connectivity index (χ0) is 13.5. The largest absolute Gasteiger partial charge is 0.480 e. The Morgan fingerprint density at radius 1 is 1.61 bits per heavy atom. The first-order chi connectivity index (χ1) is 8.50. The van der Waals surface area contributed by atoms with Crippen molar-refractivity contribution in [3.05, 3.63) is 22.4 Å². The fourth-order valence-electron chi connectivity index (χ4n) is 1.20. The van der Waals surface area contributed by atoms with Crippen LogP contribution in [-0.4, -0.2) is 46.5 Å². The molecule has 1 amide bonds. The highest BCUT2D eigenvalue weighted by Gasteiger charge is 2.14. The number of carbonyl (C=O) groups excluding carboxylic acids is 1. The Morgan fingerprint density at radius 2 is 2.33 bits per heavy atom. The molecule has 1 aromatic rings. The molecule has 0 saturated heterocycles. The van der Waals surface area contributed by atoms with Crippen molar-refractivity contribution in [2.75, 3.05) is 18.6 Å². The van der Waals surface area contributed by atoms with Crippen LogP contribution in [0.5, 0.6) is 0 Å². The Bertz CT molecular complexity index is 395. The number of carboxylic acid groups (broad SMARTS) is 1. The first-order valence-corrected chi connectivity index (χ1v) is 7.41. The molecule has 1 atom stereocenters. The molecule has 0 aliphatic heterocycles. The molecule has 0 radical (unpaired) electrons. The fraction of sp³-hybridized carbons (Fsp3) is 0.455. The normalized spacial score (nSPS) is 12.1. The third-order valence-electron chi connectivity index (χ3n) is 2.27. The summed E-state index contributed by atoms with van der Waals surface area (Å²) < 4.78 is 0. The van der Waals surface area contributed by atoms with Crippen LogP contribution in [0, 0.1) is 0 Å². The smallest absolute Gasteiger partial charge is 0.321 e. The predicted molar refractivity (Wildman–Crippen MR) is 73.7 cm³/mol. The number of amides is 1. The second-order valence-corrected chi connectivity index (χ2v) is 5.65. The van der Waals surface area contributed by atoms with Gasteiger partial charge in [0.15, 0.2) is 0 Å². The third kappa shape index (κ3) is 5.07. The second kappa shape index (κ2) is 7.40. The van der Waals surface area contributed by atoms with E-state index in [-0.39, 0.29) is 17.4 Å². The molecular formula is C11H16N2O3S2. The van der Waals surface area contributed by atoms with Crippen molar-refractivity contribution in [1.29, 1.82) is 0 Å². The summed E-state index contributed by atoms with van der Waals surface area (Å²) in [6.07, 6.45) is 0. The van der Waals surface area contributed by atoms with Crippen LogP contribution >= 0.6 is 23.1 Å². The molecule has 0 aromatic carbocycles. The molecule has 1 rings (SSSR count). The van der Waals surface area contributed by atoms with E-state index in [4.69, 9.17) is 10.8 Å². The molecule has 7 heteroatoms. The number of thiophene rings is 1. The highest BCUT2D eigenvalue weighted by molar-refractivity contribution is 8.00. The summed E-state index contributed by atoms with van der Waals surface area (Å²) in [5.41, 5.74) is 6.44. The number of hydrogen-bond acceptors (Lipinski definition) is 5. The maximum absolute atomic E-state index is 11.7. The Kier molecular flexibility index (Phi) is 6.17. The van der Waals surface area contributed by atoms with Gasteiger partial charge in [0.1, 0.15) is 6.04 Å². The van der Waals surface area contributed by atoms with Gasteiger partial charge in [0.2, 0.25) is 5.91 Å². The molecule has 0 aliphatic rings. The van der Waals surface area contributed by atoms with Crippen LogP contribution in [0.3, 0.4) is 0 Å². The van der Waals surface area contributed by atoms with Crippen LogP contribution in [-0.2, 0) is 16.1 Å². The van der Waals surface area contributed by atoms with E-state index >= 15 is 0 Å². The van der Waals surface area contributed by atoms with E-state index in [0.717, 1.165) is 5.56 Å². The van der Waals surface area contributed by atoms with Crippen molar-refractivity contribution in [3.8, 4) is 0 Å². The zero-order valence-corrected chi connectivity index (χ0v) is 11.7. The van der Waals surface area contributed by atoms with Gasteiger partial charge in [-0.2, -0.15) is 11.3 Å². The molecule has 0 saturated carbocycles. The van der Waals surface area contributed by atoms with Gasteiger partial charge in [-0.3, -0.25) is 9.59 Å². The summed E-state index contributed by atoms with van der Waals surface area (Å²) >= 11 is 2.84. The summed E-state index contributed by atoms with van der Waals surface area (Å²) in [6, 6.07) is 1.06. The standard InChI is InChI=1S/C11H16N2O3S2/c1-13(4-8-2-3-17-5-8)10(14)7-18-6-9(12)11(15)16/h2-3,5,9H,4,6-7,12H2,1H3,(H,15,16)/t9-/m0/s1. The highest BCUT2D eigenvalue weighted by atomic mass is 32.2. The van der Waals surface area contributed by atoms with E-state index in [1.807, 2.05) is 16.8 Å². The molecule has 0 bridgehead atoms. The quantitative estimate of drug-likeness (QED) is 0.777. The summed E-state index contributed by atoms with van der Waals surface area (Å²) in [7, 11) is 1.73. The average molecular weight is 288 g/mol. The summed E-state index contributed by atoms with van der Waals surface area (Å²) in [5.74, 6) is -0.569. The molecule has 100 valence electrons. The molecule has 18 heavy (non-hydrogen) atoms. The first-order valence-electron chi connectivity index (χ1n) is 5.32. The second-order valence-electron chi connectivity index (χ2n) is 3.84. The predicted octanol–water partition coefficient (Wildman–Crippen LogP) is 0.852. The van der Waals surface area contributed by atoms with Crippen LogP contribution < -0.4 is 5.73 Å². The van der Waals surface area contributed by atoms with Crippen molar-refractivity contribution >= 4 is 35.0 Å². The summed E-state index contributed by atoms with van der Waals surface area (Å²) in [5, 5.41) is 12.6. The average Bonchev–Trinajstić information content (AvgIpc) is 2.81. The monoisotopic (exact) mass is 288 g/mol. The van der Waals surface area contributed by atoms with Gasteiger partial charge in [-0.15, -0.1) is 11.8 Å². The number of aliphatic carboxylic acids is 1. The summed E-state index contributed by atoms with van der Waals surface area (Å²) in [4.78, 5) is 23.9. The fourth-order valence-corrected chi connectivity index (χ4v) is 2.77. The van der Waals surface area contributed by atoms with Gasteiger partial charge >= 0.3 is 5.97 Å². The number of nitrogens with two attached hydrogens (primary N) is 1. The lowest BCUT2D eigenvalue weighted by molar-refractivity contribution is -0.138. The maximum Gasteiger partial charge on any atom is 0.321 e. The number of rotatable bonds is 7. The van der Waals surface area contributed by atoms with Crippen molar-refractivity contribution in [2.24, 2.45) is 5.73 Å². The van der Waals surface area contributed by atoms with Gasteiger partial charge in [0.25, 0.3) is 0 Å². The van der Waals surface area contributed by atoms with E-state index in [1.54, 1.807) is 23.3 Å². The van der Waals surface area contributed by atoms with Gasteiger partial charge in [0, 0.05) is 19.3 Å². The minimum absolute atomic E-state index is 0.0243. The van der Waals surface area contributed by atoms with Gasteiger partial charge in [-0.25, -0.2) is 0 Å². The molecule has 1 heterocycles. The number of nitrogens with zero attached hydrogens (tertiary/aromatic N) is 1. The molecule has 0 aliphatic carbocycles. The third-order valence-corrected chi connectivity index (χ3v) is 4.04. The van der Waals surface area contributed by atoms with Crippen molar-refractivity contribution in [3.63, 3.8) is 0 Å². The molecular weight excluding hydrogens is 272 g/mol.